The Morgan fingerprint density at radius 1 is 0.639 bits per heavy atom. The van der Waals surface area contributed by atoms with Gasteiger partial charge < -0.3 is 17.1 Å². The van der Waals surface area contributed by atoms with E-state index >= 15 is 0 Å². The molecule has 0 saturated carbocycles. The van der Waals surface area contributed by atoms with Crippen LogP contribution in [0.4, 0.5) is 0 Å². The molecule has 2 aromatic carbocycles. The van der Waals surface area contributed by atoms with Gasteiger partial charge in [0.05, 0.1) is 18.2 Å². The van der Waals surface area contributed by atoms with Crippen LogP contribution in [0.15, 0.2) is 48.5 Å². The second kappa shape index (κ2) is 12.8. The Kier molecular flexibility index (Phi) is 10.9. The Bertz CT molecular complexity index is 993. The molecule has 0 aliphatic rings. The van der Waals surface area contributed by atoms with Gasteiger partial charge in [0.15, 0.2) is 16.6 Å². The molecule has 0 aromatic heterocycles. The fourth-order valence-corrected chi connectivity index (χ4v) is 22.5. The van der Waals surface area contributed by atoms with Gasteiger partial charge in [-0.2, -0.15) is 5.26 Å². The van der Waals surface area contributed by atoms with Crippen molar-refractivity contribution in [3.63, 3.8) is 0 Å². The van der Waals surface area contributed by atoms with Crippen molar-refractivity contribution in [2.45, 2.75) is 84.2 Å². The van der Waals surface area contributed by atoms with Crippen molar-refractivity contribution in [2.75, 3.05) is 6.61 Å². The van der Waals surface area contributed by atoms with Crippen molar-refractivity contribution in [3.05, 3.63) is 54.1 Å². The molecule has 0 aliphatic heterocycles. The second-order valence-electron chi connectivity index (χ2n) is 11.9. The summed E-state index contributed by atoms with van der Waals surface area (Å²) in [4.78, 5) is 0. The average Bonchev–Trinajstić information content (AvgIpc) is 2.73. The van der Waals surface area contributed by atoms with Crippen molar-refractivity contribution < 1.29 is 17.1 Å². The fourth-order valence-electron chi connectivity index (χ4n) is 4.44. The summed E-state index contributed by atoms with van der Waals surface area (Å²) in [5.41, 5.74) is 2.88. The van der Waals surface area contributed by atoms with E-state index in [1.54, 1.807) is 0 Å². The van der Waals surface area contributed by atoms with Gasteiger partial charge in [0.1, 0.15) is 5.75 Å². The normalized spacial score (nSPS) is 14.2. The van der Waals surface area contributed by atoms with Gasteiger partial charge in [-0.25, -0.2) is 0 Å². The van der Waals surface area contributed by atoms with Crippen molar-refractivity contribution in [3.8, 4) is 22.9 Å². The third-order valence-electron chi connectivity index (χ3n) is 5.28. The molecule has 0 bridgehead atoms. The minimum atomic E-state index is -2.33. The van der Waals surface area contributed by atoms with Gasteiger partial charge in [-0.15, -0.1) is 0 Å². The molecule has 0 amide bonds. The molecule has 2 aromatic rings. The van der Waals surface area contributed by atoms with Crippen LogP contribution in [-0.4, -0.2) is 40.4 Å². The van der Waals surface area contributed by atoms with Crippen LogP contribution in [0.1, 0.15) is 24.8 Å². The minimum absolute atomic E-state index is 0.672. The lowest BCUT2D eigenvalue weighted by molar-refractivity contribution is 0.301. The number of hydrogen-bond acceptors (Lipinski definition) is 5. The predicted molar refractivity (Wildman–Crippen MR) is 160 cm³/mol. The molecule has 1 atom stereocenters. The van der Waals surface area contributed by atoms with Crippen LogP contribution in [0.25, 0.3) is 11.1 Å². The van der Waals surface area contributed by atoms with E-state index in [9.17, 15) is 0 Å². The van der Waals surface area contributed by atoms with E-state index in [1.807, 2.05) is 36.4 Å². The highest BCUT2D eigenvalue weighted by Gasteiger charge is 2.44. The molecule has 0 fully saturated rings. The maximum absolute atomic E-state index is 8.96. The first-order valence-electron chi connectivity index (χ1n) is 12.9. The molecule has 1 unspecified atom stereocenters. The van der Waals surface area contributed by atoms with Gasteiger partial charge in [-0.3, -0.25) is 0 Å². The molecule has 0 aliphatic carbocycles. The number of unbranched alkanes of at least 4 members (excludes halogenated alkanes) is 2. The van der Waals surface area contributed by atoms with Crippen LogP contribution in [0.3, 0.4) is 0 Å². The molecule has 0 N–H and O–H groups in total. The van der Waals surface area contributed by atoms with Crippen LogP contribution in [0.2, 0.25) is 65.0 Å². The van der Waals surface area contributed by atoms with Crippen molar-refractivity contribution >= 4 is 33.8 Å². The first kappa shape index (κ1) is 30.7. The molecule has 0 spiro atoms. The highest BCUT2D eigenvalue weighted by molar-refractivity contribution is 6.89. The van der Waals surface area contributed by atoms with Crippen LogP contribution in [0, 0.1) is 11.3 Å². The maximum atomic E-state index is 8.96. The van der Waals surface area contributed by atoms with Crippen LogP contribution in [-0.2, 0) is 12.3 Å². The summed E-state index contributed by atoms with van der Waals surface area (Å²) in [5, 5.41) is 8.96. The van der Waals surface area contributed by atoms with Crippen molar-refractivity contribution in [2.24, 2.45) is 0 Å². The van der Waals surface area contributed by atoms with E-state index in [4.69, 9.17) is 22.3 Å². The van der Waals surface area contributed by atoms with E-state index in [1.165, 1.54) is 0 Å². The average molecular weight is 560 g/mol. The lowest BCUT2D eigenvalue weighted by atomic mass is 10.0. The monoisotopic (exact) mass is 559 g/mol. The molecular formula is C27H45NO4Si4. The van der Waals surface area contributed by atoms with E-state index in [-0.39, 0.29) is 0 Å². The zero-order chi connectivity index (χ0) is 27.0. The van der Waals surface area contributed by atoms with Crippen molar-refractivity contribution in [1.29, 1.82) is 5.26 Å². The number of benzene rings is 2. The van der Waals surface area contributed by atoms with Gasteiger partial charge in [-0.1, -0.05) is 37.1 Å². The zero-order valence-corrected chi connectivity index (χ0v) is 27.7. The van der Waals surface area contributed by atoms with E-state index < -0.39 is 33.8 Å². The second-order valence-corrected chi connectivity index (χ2v) is 28.4. The standard InChI is InChI=1S/C27H45NO4Si4/c1-33(2,3)30-35(7,8)32-36(9,31-34(4,5)6)22-12-10-11-21-29-27-19-17-26(18-20-27)25-15-13-24(23-28)14-16-25/h13-20H,10-12,21-22H2,1-9H3. The van der Waals surface area contributed by atoms with Gasteiger partial charge in [0, 0.05) is 0 Å². The van der Waals surface area contributed by atoms with Gasteiger partial charge in [0.2, 0.25) is 0 Å². The largest absolute Gasteiger partial charge is 0.494 e. The van der Waals surface area contributed by atoms with E-state index in [0.29, 0.717) is 12.2 Å². The Morgan fingerprint density at radius 2 is 1.17 bits per heavy atom. The molecule has 36 heavy (non-hydrogen) atoms. The minimum Gasteiger partial charge on any atom is -0.494 e. The summed E-state index contributed by atoms with van der Waals surface area (Å²) < 4.78 is 25.9. The maximum Gasteiger partial charge on any atom is 0.315 e. The Labute approximate surface area is 223 Å². The molecule has 0 radical (unpaired) electrons. The molecule has 2 rings (SSSR count). The van der Waals surface area contributed by atoms with Gasteiger partial charge >= 0.3 is 17.1 Å². The summed E-state index contributed by atoms with van der Waals surface area (Å²) in [7, 11) is -7.97. The third-order valence-corrected chi connectivity index (χ3v) is 18.8. The third kappa shape index (κ3) is 11.7. The summed E-state index contributed by atoms with van der Waals surface area (Å²) in [5.74, 6) is 0.883. The number of hydrogen-bond donors (Lipinski definition) is 0. The molecule has 5 nitrogen and oxygen atoms in total. The van der Waals surface area contributed by atoms with Crippen LogP contribution in [0.5, 0.6) is 5.75 Å². The van der Waals surface area contributed by atoms with E-state index in [0.717, 1.165) is 42.2 Å². The topological polar surface area (TPSA) is 60.7 Å². The summed E-state index contributed by atoms with van der Waals surface area (Å²) >= 11 is 0. The number of ether oxygens (including phenoxy) is 1. The van der Waals surface area contributed by atoms with Gasteiger partial charge in [0.25, 0.3) is 0 Å². The lowest BCUT2D eigenvalue weighted by Gasteiger charge is -2.41. The molecule has 0 saturated heterocycles. The highest BCUT2D eigenvalue weighted by Crippen LogP contribution is 2.28. The summed E-state index contributed by atoms with van der Waals surface area (Å²) in [6.07, 6.45) is 3.16. The zero-order valence-electron chi connectivity index (χ0n) is 23.7. The number of rotatable bonds is 14. The SMILES string of the molecule is C[Si](C)(C)O[Si](C)(C)O[Si](C)(CCCCCOc1ccc(-c2ccc(C#N)cc2)cc1)O[Si](C)(C)C. The Balaban J connectivity index is 1.82. The van der Waals surface area contributed by atoms with E-state index in [2.05, 4.69) is 77.1 Å². The number of nitriles is 1. The first-order chi connectivity index (χ1) is 16.6. The first-order valence-corrected chi connectivity index (χ1v) is 25.1. The van der Waals surface area contributed by atoms with Crippen molar-refractivity contribution in [1.82, 2.24) is 0 Å². The predicted octanol–water partition coefficient (Wildman–Crippen LogP) is 8.27. The summed E-state index contributed by atoms with van der Waals surface area (Å²) in [6.45, 7) is 20.7. The van der Waals surface area contributed by atoms with Gasteiger partial charge in [-0.05, 0) is 107 Å². The summed E-state index contributed by atoms with van der Waals surface area (Å²) in [6, 6.07) is 18.9. The molecule has 0 heterocycles. The fraction of sp³-hybridized carbons (Fsp3) is 0.519. The highest BCUT2D eigenvalue weighted by atomic mass is 28.5. The Morgan fingerprint density at radius 3 is 1.67 bits per heavy atom. The molecule has 9 heteroatoms. The quantitative estimate of drug-likeness (QED) is 0.172. The van der Waals surface area contributed by atoms with Crippen LogP contribution < -0.4 is 4.74 Å². The molecule has 198 valence electrons. The molecular weight excluding hydrogens is 515 g/mol. The Hall–Kier alpha value is -1.52. The van der Waals surface area contributed by atoms with Crippen LogP contribution >= 0.6 is 0 Å². The smallest absolute Gasteiger partial charge is 0.315 e. The lowest BCUT2D eigenvalue weighted by Crippen LogP contribution is -2.56. The number of nitrogens with zero attached hydrogens (tertiary/aromatic N) is 1.